The van der Waals surface area contributed by atoms with Gasteiger partial charge >= 0.3 is 0 Å². The van der Waals surface area contributed by atoms with Gasteiger partial charge in [-0.25, -0.2) is 4.98 Å². The molecule has 0 aromatic carbocycles. The molecule has 1 unspecified atom stereocenters. The second-order valence-electron chi connectivity index (χ2n) is 3.71. The lowest BCUT2D eigenvalue weighted by Gasteiger charge is -2.11. The number of thioether (sulfide) groups is 1. The molecule has 2 rings (SSSR count). The summed E-state index contributed by atoms with van der Waals surface area (Å²) in [4.78, 5) is 4.16. The van der Waals surface area contributed by atoms with Crippen LogP contribution in [-0.2, 0) is 0 Å². The molecule has 15 heavy (non-hydrogen) atoms. The van der Waals surface area contributed by atoms with E-state index in [1.807, 2.05) is 11.8 Å². The Hall–Kier alpha value is -0.610. The molecule has 1 saturated heterocycles. The number of rotatable bonds is 3. The summed E-state index contributed by atoms with van der Waals surface area (Å²) in [5.74, 6) is 3.99. The summed E-state index contributed by atoms with van der Waals surface area (Å²) >= 11 is 8.02. The van der Waals surface area contributed by atoms with Gasteiger partial charge in [0, 0.05) is 6.54 Å². The Morgan fingerprint density at radius 1 is 1.67 bits per heavy atom. The molecule has 1 fully saturated rings. The van der Waals surface area contributed by atoms with E-state index >= 15 is 0 Å². The van der Waals surface area contributed by atoms with E-state index in [4.69, 9.17) is 17.3 Å². The van der Waals surface area contributed by atoms with Crippen molar-refractivity contribution in [2.75, 3.05) is 29.1 Å². The van der Waals surface area contributed by atoms with Gasteiger partial charge < -0.3 is 11.1 Å². The van der Waals surface area contributed by atoms with Gasteiger partial charge in [0.1, 0.15) is 5.82 Å². The van der Waals surface area contributed by atoms with Crippen molar-refractivity contribution in [3.8, 4) is 0 Å². The van der Waals surface area contributed by atoms with Crippen LogP contribution in [0.4, 0.5) is 11.5 Å². The van der Waals surface area contributed by atoms with Gasteiger partial charge in [-0.05, 0) is 29.9 Å². The monoisotopic (exact) mass is 243 g/mol. The van der Waals surface area contributed by atoms with E-state index in [1.54, 1.807) is 12.3 Å². The zero-order chi connectivity index (χ0) is 10.7. The minimum absolute atomic E-state index is 0.598. The summed E-state index contributed by atoms with van der Waals surface area (Å²) in [6.07, 6.45) is 2.90. The minimum atomic E-state index is 0.598. The number of nitrogens with two attached hydrogens (primary N) is 1. The second-order valence-corrected chi connectivity index (χ2v) is 5.27. The van der Waals surface area contributed by atoms with Crippen LogP contribution >= 0.6 is 23.4 Å². The van der Waals surface area contributed by atoms with Crippen LogP contribution in [0.2, 0.25) is 5.02 Å². The maximum Gasteiger partial charge on any atom is 0.144 e. The molecule has 1 aliphatic heterocycles. The van der Waals surface area contributed by atoms with Gasteiger partial charge in [-0.3, -0.25) is 0 Å². The molecule has 1 atom stereocenters. The van der Waals surface area contributed by atoms with Crippen LogP contribution in [0.1, 0.15) is 6.42 Å². The van der Waals surface area contributed by atoms with E-state index < -0.39 is 0 Å². The molecule has 3 N–H and O–H groups in total. The number of anilines is 2. The van der Waals surface area contributed by atoms with Crippen LogP contribution in [-0.4, -0.2) is 23.0 Å². The van der Waals surface area contributed by atoms with Crippen molar-refractivity contribution in [3.05, 3.63) is 17.3 Å². The fourth-order valence-corrected chi connectivity index (χ4v) is 3.09. The first-order valence-corrected chi connectivity index (χ1v) is 6.51. The highest BCUT2D eigenvalue weighted by molar-refractivity contribution is 7.99. The van der Waals surface area contributed by atoms with Gasteiger partial charge in [0.25, 0.3) is 0 Å². The highest BCUT2D eigenvalue weighted by Gasteiger charge is 2.15. The van der Waals surface area contributed by atoms with Gasteiger partial charge in [0.2, 0.25) is 0 Å². The average Bonchev–Trinajstić information content (AvgIpc) is 2.69. The molecule has 0 bridgehead atoms. The number of nitrogens with zero attached hydrogens (tertiary/aromatic N) is 1. The van der Waals surface area contributed by atoms with Crippen molar-refractivity contribution in [3.63, 3.8) is 0 Å². The van der Waals surface area contributed by atoms with Gasteiger partial charge in [0.15, 0.2) is 0 Å². The number of pyridine rings is 1. The maximum atomic E-state index is 6.00. The first kappa shape index (κ1) is 10.9. The molecule has 5 heteroatoms. The lowest BCUT2D eigenvalue weighted by atomic mass is 10.1. The molecule has 0 radical (unpaired) electrons. The summed E-state index contributed by atoms with van der Waals surface area (Å²) in [5, 5.41) is 3.87. The van der Waals surface area contributed by atoms with Crippen LogP contribution in [0.15, 0.2) is 12.3 Å². The van der Waals surface area contributed by atoms with Gasteiger partial charge in [0.05, 0.1) is 16.9 Å². The van der Waals surface area contributed by atoms with E-state index in [1.165, 1.54) is 17.9 Å². The molecular formula is C10H14ClN3S. The number of halogens is 1. The van der Waals surface area contributed by atoms with Crippen molar-refractivity contribution in [1.29, 1.82) is 0 Å². The summed E-state index contributed by atoms with van der Waals surface area (Å²) in [5.41, 5.74) is 6.17. The third kappa shape index (κ3) is 2.92. The fraction of sp³-hybridized carbons (Fsp3) is 0.500. The van der Waals surface area contributed by atoms with Crippen LogP contribution in [0.5, 0.6) is 0 Å². The number of aromatic nitrogens is 1. The number of nitrogen functional groups attached to an aromatic ring is 1. The third-order valence-corrected chi connectivity index (χ3v) is 3.96. The Bertz CT molecular complexity index is 339. The zero-order valence-electron chi connectivity index (χ0n) is 8.37. The average molecular weight is 244 g/mol. The predicted molar refractivity (Wildman–Crippen MR) is 67.6 cm³/mol. The molecule has 0 spiro atoms. The molecule has 1 aromatic rings. The minimum Gasteiger partial charge on any atom is -0.397 e. The zero-order valence-corrected chi connectivity index (χ0v) is 9.94. The van der Waals surface area contributed by atoms with Crippen LogP contribution in [0.3, 0.4) is 0 Å². The Balaban J connectivity index is 1.92. The lowest BCUT2D eigenvalue weighted by Crippen LogP contribution is -2.14. The van der Waals surface area contributed by atoms with E-state index in [0.29, 0.717) is 10.7 Å². The molecule has 82 valence electrons. The molecule has 2 heterocycles. The largest absolute Gasteiger partial charge is 0.397 e. The van der Waals surface area contributed by atoms with E-state index in [9.17, 15) is 0 Å². The molecule has 0 saturated carbocycles. The summed E-state index contributed by atoms with van der Waals surface area (Å²) in [6, 6.07) is 1.72. The highest BCUT2D eigenvalue weighted by Crippen LogP contribution is 2.25. The lowest BCUT2D eigenvalue weighted by molar-refractivity contribution is 0.630. The topological polar surface area (TPSA) is 50.9 Å². The van der Waals surface area contributed by atoms with Crippen LogP contribution < -0.4 is 11.1 Å². The van der Waals surface area contributed by atoms with Crippen molar-refractivity contribution in [2.24, 2.45) is 5.92 Å². The smallest absolute Gasteiger partial charge is 0.144 e. The highest BCUT2D eigenvalue weighted by atomic mass is 35.5. The SMILES string of the molecule is Nc1cnc(NCC2CCSC2)c(Cl)c1. The summed E-state index contributed by atoms with van der Waals surface area (Å²) in [6.45, 7) is 0.948. The number of hydrogen-bond acceptors (Lipinski definition) is 4. The molecular weight excluding hydrogens is 230 g/mol. The normalized spacial score (nSPS) is 20.5. The molecule has 3 nitrogen and oxygen atoms in total. The van der Waals surface area contributed by atoms with Crippen molar-refractivity contribution in [1.82, 2.24) is 4.98 Å². The van der Waals surface area contributed by atoms with E-state index in [-0.39, 0.29) is 0 Å². The number of hydrogen-bond donors (Lipinski definition) is 2. The Kier molecular flexibility index (Phi) is 3.59. The van der Waals surface area contributed by atoms with E-state index in [2.05, 4.69) is 10.3 Å². The standard InChI is InChI=1S/C10H14ClN3S/c11-9-3-8(12)5-14-10(9)13-4-7-1-2-15-6-7/h3,5,7H,1-2,4,6,12H2,(H,13,14). The van der Waals surface area contributed by atoms with Gasteiger partial charge in [-0.1, -0.05) is 11.6 Å². The Morgan fingerprint density at radius 3 is 3.20 bits per heavy atom. The molecule has 0 aliphatic carbocycles. The van der Waals surface area contributed by atoms with E-state index in [0.717, 1.165) is 18.3 Å². The van der Waals surface area contributed by atoms with Crippen LogP contribution in [0, 0.1) is 5.92 Å². The quantitative estimate of drug-likeness (QED) is 0.857. The Labute approximate surface area is 98.8 Å². The van der Waals surface area contributed by atoms with Gasteiger partial charge in [-0.15, -0.1) is 0 Å². The first-order valence-electron chi connectivity index (χ1n) is 4.98. The maximum absolute atomic E-state index is 6.00. The summed E-state index contributed by atoms with van der Waals surface area (Å²) < 4.78 is 0. The van der Waals surface area contributed by atoms with Crippen molar-refractivity contribution in [2.45, 2.75) is 6.42 Å². The Morgan fingerprint density at radius 2 is 2.53 bits per heavy atom. The summed E-state index contributed by atoms with van der Waals surface area (Å²) in [7, 11) is 0. The molecule has 0 amide bonds. The predicted octanol–water partition coefficient (Wildman–Crippen LogP) is 2.48. The molecule has 1 aromatic heterocycles. The van der Waals surface area contributed by atoms with Crippen LogP contribution in [0.25, 0.3) is 0 Å². The van der Waals surface area contributed by atoms with Gasteiger partial charge in [-0.2, -0.15) is 11.8 Å². The fourth-order valence-electron chi connectivity index (χ4n) is 1.57. The first-order chi connectivity index (χ1) is 7.25. The molecule has 1 aliphatic rings. The third-order valence-electron chi connectivity index (χ3n) is 2.44. The second kappa shape index (κ2) is 4.94. The van der Waals surface area contributed by atoms with Crippen molar-refractivity contribution >= 4 is 34.9 Å². The van der Waals surface area contributed by atoms with Crippen molar-refractivity contribution < 1.29 is 0 Å². The number of nitrogens with one attached hydrogen (secondary N) is 1.